The number of carbonyl (C=O) groups excluding carboxylic acids is 2. The molecule has 7 nitrogen and oxygen atoms in total. The van der Waals surface area contributed by atoms with Crippen LogP contribution in [0.15, 0.2) is 42.5 Å². The van der Waals surface area contributed by atoms with Crippen molar-refractivity contribution in [3.8, 4) is 0 Å². The van der Waals surface area contributed by atoms with Crippen LogP contribution >= 0.6 is 11.6 Å². The Morgan fingerprint density at radius 3 is 2.37 bits per heavy atom. The molecule has 1 aliphatic rings. The number of hydrogen-bond donors (Lipinski definition) is 1. The number of carbonyl (C=O) groups is 2. The second-order valence-corrected chi connectivity index (χ2v) is 11.0. The smallest absolute Gasteiger partial charge is 0.244 e. The fourth-order valence-corrected chi connectivity index (χ4v) is 5.08. The Kier molecular flexibility index (Phi) is 8.71. The summed E-state index contributed by atoms with van der Waals surface area (Å²) in [4.78, 5) is 27.7. The number of rotatable bonds is 9. The van der Waals surface area contributed by atoms with E-state index in [-0.39, 0.29) is 24.2 Å². The van der Waals surface area contributed by atoms with Crippen LogP contribution in [0.2, 0.25) is 5.02 Å². The number of nitrogens with one attached hydrogen (secondary N) is 1. The van der Waals surface area contributed by atoms with E-state index in [1.807, 2.05) is 0 Å². The van der Waals surface area contributed by atoms with Gasteiger partial charge in [0, 0.05) is 23.7 Å². The average Bonchev–Trinajstić information content (AvgIpc) is 3.30. The lowest BCUT2D eigenvalue weighted by molar-refractivity contribution is -0.139. The van der Waals surface area contributed by atoms with Gasteiger partial charge in [-0.15, -0.1) is 0 Å². The molecule has 3 rings (SSSR count). The van der Waals surface area contributed by atoms with Crippen LogP contribution in [0.3, 0.4) is 0 Å². The summed E-state index contributed by atoms with van der Waals surface area (Å²) in [5, 5.41) is 3.34. The van der Waals surface area contributed by atoms with Crippen molar-refractivity contribution in [1.29, 1.82) is 0 Å². The molecule has 0 saturated heterocycles. The molecule has 0 aromatic heterocycles. The summed E-state index contributed by atoms with van der Waals surface area (Å²) in [6.45, 7) is 0.796. The van der Waals surface area contributed by atoms with Crippen LogP contribution in [0.5, 0.6) is 0 Å². The largest absolute Gasteiger partial charge is 0.352 e. The molecule has 2 aromatic rings. The molecule has 1 atom stereocenters. The Balaban J connectivity index is 1.90. The molecule has 0 heterocycles. The van der Waals surface area contributed by atoms with Gasteiger partial charge in [-0.05, 0) is 43.5 Å². The molecule has 35 heavy (non-hydrogen) atoms. The van der Waals surface area contributed by atoms with Crippen molar-refractivity contribution in [2.24, 2.45) is 0 Å². The third-order valence-electron chi connectivity index (χ3n) is 6.04. The van der Waals surface area contributed by atoms with Gasteiger partial charge in [0.2, 0.25) is 21.8 Å². The first-order valence-electron chi connectivity index (χ1n) is 11.2. The van der Waals surface area contributed by atoms with E-state index < -0.39 is 40.2 Å². The maximum atomic E-state index is 13.8. The predicted octanol–water partition coefficient (Wildman–Crippen LogP) is 3.86. The van der Waals surface area contributed by atoms with Gasteiger partial charge in [0.15, 0.2) is 11.6 Å². The summed E-state index contributed by atoms with van der Waals surface area (Å²) in [7, 11) is -4.05. The van der Waals surface area contributed by atoms with Gasteiger partial charge in [-0.3, -0.25) is 13.9 Å². The van der Waals surface area contributed by atoms with Crippen molar-refractivity contribution in [3.63, 3.8) is 0 Å². The van der Waals surface area contributed by atoms with Gasteiger partial charge in [-0.25, -0.2) is 17.2 Å². The predicted molar refractivity (Wildman–Crippen MR) is 130 cm³/mol. The molecule has 0 bridgehead atoms. The molecule has 0 aliphatic heterocycles. The maximum absolute atomic E-state index is 13.8. The van der Waals surface area contributed by atoms with E-state index in [0.29, 0.717) is 21.0 Å². The molecular weight excluding hydrogens is 500 g/mol. The zero-order valence-corrected chi connectivity index (χ0v) is 21.1. The van der Waals surface area contributed by atoms with Crippen molar-refractivity contribution in [3.05, 3.63) is 64.7 Å². The first-order chi connectivity index (χ1) is 16.5. The van der Waals surface area contributed by atoms with Gasteiger partial charge < -0.3 is 10.2 Å². The van der Waals surface area contributed by atoms with Crippen LogP contribution < -0.4 is 9.62 Å². The molecule has 2 amide bonds. The van der Waals surface area contributed by atoms with E-state index in [1.165, 1.54) is 4.90 Å². The molecule has 1 N–H and O–H groups in total. The number of hydrogen-bond acceptors (Lipinski definition) is 4. The number of anilines is 1. The quantitative estimate of drug-likeness (QED) is 0.536. The lowest BCUT2D eigenvalue weighted by Gasteiger charge is -2.32. The fraction of sp³-hybridized carbons (Fsp3) is 0.417. The summed E-state index contributed by atoms with van der Waals surface area (Å²) >= 11 is 6.28. The number of sulfonamides is 1. The first kappa shape index (κ1) is 26.9. The van der Waals surface area contributed by atoms with Gasteiger partial charge in [0.25, 0.3) is 0 Å². The van der Waals surface area contributed by atoms with Crippen LogP contribution in [0.4, 0.5) is 14.5 Å². The zero-order chi connectivity index (χ0) is 25.8. The van der Waals surface area contributed by atoms with Crippen molar-refractivity contribution >= 4 is 39.1 Å². The first-order valence-corrected chi connectivity index (χ1v) is 13.5. The number of nitrogens with zero attached hydrogens (tertiary/aromatic N) is 2. The summed E-state index contributed by atoms with van der Waals surface area (Å²) in [5.74, 6) is -3.46. The number of halogens is 3. The Morgan fingerprint density at radius 1 is 1.11 bits per heavy atom. The maximum Gasteiger partial charge on any atom is 0.244 e. The van der Waals surface area contributed by atoms with Gasteiger partial charge in [-0.1, -0.05) is 42.6 Å². The minimum absolute atomic E-state index is 0.0249. The third kappa shape index (κ3) is 6.91. The second kappa shape index (κ2) is 11.3. The highest BCUT2D eigenvalue weighted by Crippen LogP contribution is 2.23. The van der Waals surface area contributed by atoms with E-state index in [2.05, 4.69) is 5.32 Å². The van der Waals surface area contributed by atoms with Gasteiger partial charge in [0.05, 0.1) is 11.9 Å². The van der Waals surface area contributed by atoms with Crippen molar-refractivity contribution in [2.45, 2.75) is 51.2 Å². The SMILES string of the molecule is C[C@H](C(=O)NC1CCCC1)N(Cc1ccccc1Cl)C(=O)CN(c1ccc(F)c(F)c1)S(C)(=O)=O. The molecule has 0 spiro atoms. The van der Waals surface area contributed by atoms with E-state index in [0.717, 1.165) is 44.1 Å². The summed E-state index contributed by atoms with van der Waals surface area (Å²) < 4.78 is 52.9. The Morgan fingerprint density at radius 2 is 1.77 bits per heavy atom. The van der Waals surface area contributed by atoms with Gasteiger partial charge in [-0.2, -0.15) is 0 Å². The number of amides is 2. The molecule has 190 valence electrons. The summed E-state index contributed by atoms with van der Waals surface area (Å²) in [5.41, 5.74) is 0.363. The summed E-state index contributed by atoms with van der Waals surface area (Å²) in [6, 6.07) is 8.45. The summed E-state index contributed by atoms with van der Waals surface area (Å²) in [6.07, 6.45) is 4.60. The number of benzene rings is 2. The lowest BCUT2D eigenvalue weighted by atomic mass is 10.1. The highest BCUT2D eigenvalue weighted by Gasteiger charge is 2.32. The third-order valence-corrected chi connectivity index (χ3v) is 7.55. The average molecular weight is 528 g/mol. The molecule has 0 radical (unpaired) electrons. The molecular formula is C24H28ClF2N3O4S. The van der Waals surface area contributed by atoms with Crippen molar-refractivity contribution in [2.75, 3.05) is 17.1 Å². The van der Waals surface area contributed by atoms with Crippen molar-refractivity contribution in [1.82, 2.24) is 10.2 Å². The second-order valence-electron chi connectivity index (χ2n) is 8.65. The van der Waals surface area contributed by atoms with Gasteiger partial charge >= 0.3 is 0 Å². The van der Waals surface area contributed by atoms with Crippen LogP contribution in [-0.4, -0.2) is 50.0 Å². The van der Waals surface area contributed by atoms with E-state index in [1.54, 1.807) is 31.2 Å². The van der Waals surface area contributed by atoms with Gasteiger partial charge in [0.1, 0.15) is 12.6 Å². The fourth-order valence-electron chi connectivity index (χ4n) is 4.04. The highest BCUT2D eigenvalue weighted by atomic mass is 35.5. The monoisotopic (exact) mass is 527 g/mol. The van der Waals surface area contributed by atoms with Crippen LogP contribution in [0.1, 0.15) is 38.2 Å². The highest BCUT2D eigenvalue weighted by molar-refractivity contribution is 7.92. The molecule has 1 fully saturated rings. The van der Waals surface area contributed by atoms with Crippen LogP contribution in [0, 0.1) is 11.6 Å². The topological polar surface area (TPSA) is 86.8 Å². The minimum atomic E-state index is -4.05. The zero-order valence-electron chi connectivity index (χ0n) is 19.5. The molecule has 11 heteroatoms. The van der Waals surface area contributed by atoms with Crippen LogP contribution in [-0.2, 0) is 26.2 Å². The van der Waals surface area contributed by atoms with E-state index >= 15 is 0 Å². The normalized spacial score (nSPS) is 15.0. The lowest BCUT2D eigenvalue weighted by Crippen LogP contribution is -2.52. The van der Waals surface area contributed by atoms with E-state index in [4.69, 9.17) is 11.6 Å². The minimum Gasteiger partial charge on any atom is -0.352 e. The van der Waals surface area contributed by atoms with Crippen molar-refractivity contribution < 1.29 is 26.8 Å². The van der Waals surface area contributed by atoms with E-state index in [9.17, 15) is 26.8 Å². The Labute approximate surface area is 209 Å². The molecule has 1 saturated carbocycles. The molecule has 1 aliphatic carbocycles. The molecule has 0 unspecified atom stereocenters. The Hall–Kier alpha value is -2.72. The van der Waals surface area contributed by atoms with Crippen LogP contribution in [0.25, 0.3) is 0 Å². The molecule has 2 aromatic carbocycles. The standard InChI is InChI=1S/C24H28ClF2N3O4S/c1-16(24(32)28-18-8-4-5-9-18)29(14-17-7-3-6-10-20(17)25)23(31)15-30(35(2,33)34)19-11-12-21(26)22(27)13-19/h3,6-7,10-13,16,18H,4-5,8-9,14-15H2,1-2H3,(H,28,32)/t16-/m1/s1. The Bertz CT molecular complexity index is 1190.